The molecule has 0 bridgehead atoms. The Morgan fingerprint density at radius 3 is 2.50 bits per heavy atom. The number of anilines is 2. The Kier molecular flexibility index (Phi) is 7.18. The number of carbonyl (C=O) groups is 1. The van der Waals surface area contributed by atoms with Crippen LogP contribution in [0.1, 0.15) is 0 Å². The van der Waals surface area contributed by atoms with Gasteiger partial charge in [-0.3, -0.25) is 4.79 Å². The maximum absolute atomic E-state index is 12.0. The van der Waals surface area contributed by atoms with Crippen LogP contribution in [0.15, 0.2) is 42.5 Å². The summed E-state index contributed by atoms with van der Waals surface area (Å²) < 4.78 is 10.5. The van der Waals surface area contributed by atoms with Gasteiger partial charge in [0.1, 0.15) is 12.4 Å². The van der Waals surface area contributed by atoms with Gasteiger partial charge in [-0.25, -0.2) is 0 Å². The van der Waals surface area contributed by atoms with Crippen molar-refractivity contribution in [2.75, 3.05) is 37.5 Å². The monoisotopic (exact) mass is 368 g/mol. The number of rotatable bonds is 8. The van der Waals surface area contributed by atoms with Gasteiger partial charge in [-0.1, -0.05) is 29.3 Å². The van der Waals surface area contributed by atoms with Crippen LogP contribution >= 0.6 is 23.2 Å². The first-order chi connectivity index (χ1) is 11.6. The van der Waals surface area contributed by atoms with Crippen molar-refractivity contribution in [2.24, 2.45) is 0 Å². The first-order valence-electron chi connectivity index (χ1n) is 7.28. The van der Waals surface area contributed by atoms with Gasteiger partial charge in [-0.2, -0.15) is 0 Å². The van der Waals surface area contributed by atoms with Crippen LogP contribution in [0.3, 0.4) is 0 Å². The Labute approximate surface area is 150 Å². The van der Waals surface area contributed by atoms with Crippen LogP contribution in [0.4, 0.5) is 11.4 Å². The van der Waals surface area contributed by atoms with E-state index in [9.17, 15) is 4.79 Å². The van der Waals surface area contributed by atoms with Gasteiger partial charge in [0.25, 0.3) is 0 Å². The van der Waals surface area contributed by atoms with Crippen LogP contribution in [0.25, 0.3) is 0 Å². The summed E-state index contributed by atoms with van der Waals surface area (Å²) in [6, 6.07) is 12.2. The van der Waals surface area contributed by atoms with Gasteiger partial charge in [0.2, 0.25) is 5.91 Å². The van der Waals surface area contributed by atoms with Crippen molar-refractivity contribution < 1.29 is 14.3 Å². The van der Waals surface area contributed by atoms with Crippen LogP contribution < -0.4 is 15.4 Å². The minimum Gasteiger partial charge on any atom is -0.491 e. The Balaban J connectivity index is 1.86. The molecule has 0 spiro atoms. The Morgan fingerprint density at radius 2 is 1.79 bits per heavy atom. The Hall–Kier alpha value is -1.95. The van der Waals surface area contributed by atoms with E-state index in [4.69, 9.17) is 32.7 Å². The molecule has 24 heavy (non-hydrogen) atoms. The molecule has 0 saturated heterocycles. The third-order valence-corrected chi connectivity index (χ3v) is 3.43. The van der Waals surface area contributed by atoms with Gasteiger partial charge < -0.3 is 20.1 Å². The van der Waals surface area contributed by atoms with Crippen molar-refractivity contribution >= 4 is 40.5 Å². The molecule has 0 heterocycles. The summed E-state index contributed by atoms with van der Waals surface area (Å²) in [5, 5.41) is 6.70. The van der Waals surface area contributed by atoms with E-state index < -0.39 is 0 Å². The molecule has 1 amide bonds. The predicted octanol–water partition coefficient (Wildman–Crippen LogP) is 4.07. The van der Waals surface area contributed by atoms with E-state index in [2.05, 4.69) is 10.6 Å². The second kappa shape index (κ2) is 9.37. The summed E-state index contributed by atoms with van der Waals surface area (Å²) in [6.07, 6.45) is 0. The molecule has 0 aliphatic rings. The number of amides is 1. The molecule has 0 atom stereocenters. The number of halogens is 2. The number of benzene rings is 2. The van der Waals surface area contributed by atoms with E-state index in [1.165, 1.54) is 0 Å². The lowest BCUT2D eigenvalue weighted by Crippen LogP contribution is -2.21. The van der Waals surface area contributed by atoms with Crippen LogP contribution in [0, 0.1) is 0 Å². The third kappa shape index (κ3) is 6.28. The van der Waals surface area contributed by atoms with E-state index in [1.54, 1.807) is 25.3 Å². The van der Waals surface area contributed by atoms with Crippen molar-refractivity contribution in [1.82, 2.24) is 0 Å². The average Bonchev–Trinajstić information content (AvgIpc) is 2.53. The standard InChI is InChI=1S/C17H18Cl2N2O3/c1-23-5-6-24-16-4-2-3-14(10-16)20-11-17(22)21-15-8-12(18)7-13(19)9-15/h2-4,7-10,20H,5-6,11H2,1H3,(H,21,22). The molecule has 7 heteroatoms. The van der Waals surface area contributed by atoms with Gasteiger partial charge in [0.15, 0.2) is 0 Å². The highest BCUT2D eigenvalue weighted by molar-refractivity contribution is 6.35. The zero-order valence-corrected chi connectivity index (χ0v) is 14.7. The Morgan fingerprint density at radius 1 is 1.04 bits per heavy atom. The molecule has 128 valence electrons. The van der Waals surface area contributed by atoms with Crippen LogP contribution in [0.5, 0.6) is 5.75 Å². The number of methoxy groups -OCH3 is 1. The van der Waals surface area contributed by atoms with E-state index in [1.807, 2.05) is 24.3 Å². The van der Waals surface area contributed by atoms with Crippen molar-refractivity contribution in [3.63, 3.8) is 0 Å². The fourth-order valence-corrected chi connectivity index (χ4v) is 2.48. The van der Waals surface area contributed by atoms with E-state index in [0.717, 1.165) is 5.69 Å². The molecule has 0 aliphatic carbocycles. The molecule has 5 nitrogen and oxygen atoms in total. The summed E-state index contributed by atoms with van der Waals surface area (Å²) in [7, 11) is 1.62. The lowest BCUT2D eigenvalue weighted by Gasteiger charge is -2.10. The molecule has 0 aliphatic heterocycles. The molecule has 0 saturated carbocycles. The van der Waals surface area contributed by atoms with E-state index in [0.29, 0.717) is 34.7 Å². The van der Waals surface area contributed by atoms with Crippen molar-refractivity contribution in [3.8, 4) is 5.75 Å². The number of carbonyl (C=O) groups excluding carboxylic acids is 1. The second-order valence-corrected chi connectivity index (χ2v) is 5.80. The van der Waals surface area contributed by atoms with E-state index in [-0.39, 0.29) is 12.5 Å². The summed E-state index contributed by atoms with van der Waals surface area (Å²) >= 11 is 11.8. The maximum atomic E-state index is 12.0. The number of hydrogen-bond acceptors (Lipinski definition) is 4. The lowest BCUT2D eigenvalue weighted by molar-refractivity contribution is -0.114. The van der Waals surface area contributed by atoms with Gasteiger partial charge in [-0.05, 0) is 30.3 Å². The van der Waals surface area contributed by atoms with Gasteiger partial charge in [0, 0.05) is 34.6 Å². The molecule has 2 N–H and O–H groups in total. The molecule has 2 rings (SSSR count). The van der Waals surface area contributed by atoms with Gasteiger partial charge >= 0.3 is 0 Å². The number of hydrogen-bond donors (Lipinski definition) is 2. The third-order valence-electron chi connectivity index (χ3n) is 2.99. The molecule has 2 aromatic rings. The SMILES string of the molecule is COCCOc1cccc(NCC(=O)Nc2cc(Cl)cc(Cl)c2)c1. The summed E-state index contributed by atoms with van der Waals surface area (Å²) in [4.78, 5) is 12.0. The number of ether oxygens (including phenoxy) is 2. The first-order valence-corrected chi connectivity index (χ1v) is 8.04. The highest BCUT2D eigenvalue weighted by atomic mass is 35.5. The van der Waals surface area contributed by atoms with Crippen LogP contribution in [-0.2, 0) is 9.53 Å². The van der Waals surface area contributed by atoms with Crippen molar-refractivity contribution in [2.45, 2.75) is 0 Å². The molecule has 0 radical (unpaired) electrons. The normalized spacial score (nSPS) is 10.3. The average molecular weight is 369 g/mol. The molecule has 0 fully saturated rings. The van der Waals surface area contributed by atoms with Crippen molar-refractivity contribution in [1.29, 1.82) is 0 Å². The summed E-state index contributed by atoms with van der Waals surface area (Å²) in [5.74, 6) is 0.498. The molecule has 0 aromatic heterocycles. The molecule has 0 unspecified atom stereocenters. The van der Waals surface area contributed by atoms with E-state index >= 15 is 0 Å². The molecular weight excluding hydrogens is 351 g/mol. The van der Waals surface area contributed by atoms with Crippen LogP contribution in [0.2, 0.25) is 10.0 Å². The maximum Gasteiger partial charge on any atom is 0.243 e. The zero-order chi connectivity index (χ0) is 17.4. The molecule has 2 aromatic carbocycles. The Bertz CT molecular complexity index is 675. The highest BCUT2D eigenvalue weighted by Crippen LogP contribution is 2.22. The largest absolute Gasteiger partial charge is 0.491 e. The fraction of sp³-hybridized carbons (Fsp3) is 0.235. The summed E-state index contributed by atoms with van der Waals surface area (Å²) in [5.41, 5.74) is 1.33. The molecular formula is C17H18Cl2N2O3. The number of nitrogens with one attached hydrogen (secondary N) is 2. The quantitative estimate of drug-likeness (QED) is 0.689. The minimum absolute atomic E-state index is 0.103. The zero-order valence-electron chi connectivity index (χ0n) is 13.1. The smallest absolute Gasteiger partial charge is 0.243 e. The second-order valence-electron chi connectivity index (χ2n) is 4.93. The minimum atomic E-state index is -0.209. The topological polar surface area (TPSA) is 59.6 Å². The first kappa shape index (κ1) is 18.4. The lowest BCUT2D eigenvalue weighted by atomic mass is 10.3. The van der Waals surface area contributed by atoms with Crippen LogP contribution in [-0.4, -0.2) is 32.8 Å². The van der Waals surface area contributed by atoms with Gasteiger partial charge in [-0.15, -0.1) is 0 Å². The highest BCUT2D eigenvalue weighted by Gasteiger charge is 2.05. The fourth-order valence-electron chi connectivity index (χ4n) is 1.95. The van der Waals surface area contributed by atoms with Gasteiger partial charge in [0.05, 0.1) is 13.2 Å². The summed E-state index contributed by atoms with van der Waals surface area (Å²) in [6.45, 7) is 1.09. The predicted molar refractivity (Wildman–Crippen MR) is 97.4 cm³/mol. The van der Waals surface area contributed by atoms with Crippen molar-refractivity contribution in [3.05, 3.63) is 52.5 Å².